The number of carbonyl (C=O) groups excluding carboxylic acids is 3. The molecule has 0 aliphatic carbocycles. The molecule has 0 rings (SSSR count). The second-order valence-electron chi connectivity index (χ2n) is 3.41. The number of aliphatic carboxylic acids is 1. The maximum absolute atomic E-state index is 11.2. The standard InChI is InChI=1S/C10H11N3O5/c1-8(12-6-15)10(9(17)18,13-7-16)3-2-4-11-5-14/h8H,2-4H2,1H3,(H,17,18). The normalized spacial score (nSPS) is 14.1. The van der Waals surface area contributed by atoms with Crippen LogP contribution in [0.2, 0.25) is 0 Å². The number of isocyanates is 3. The zero-order valence-electron chi connectivity index (χ0n) is 9.62. The molecule has 0 heterocycles. The van der Waals surface area contributed by atoms with Gasteiger partial charge in [0, 0.05) is 0 Å². The van der Waals surface area contributed by atoms with Crippen LogP contribution < -0.4 is 0 Å². The van der Waals surface area contributed by atoms with Gasteiger partial charge in [0.15, 0.2) is 5.54 Å². The van der Waals surface area contributed by atoms with Crippen LogP contribution in [0.25, 0.3) is 0 Å². The highest BCUT2D eigenvalue weighted by Gasteiger charge is 2.44. The molecule has 0 radical (unpaired) electrons. The van der Waals surface area contributed by atoms with Crippen LogP contribution in [0, 0.1) is 0 Å². The SMILES string of the molecule is CC(N=C=O)C(CCCN=C=O)(N=C=O)C(=O)O. The van der Waals surface area contributed by atoms with E-state index in [9.17, 15) is 19.2 Å². The quantitative estimate of drug-likeness (QED) is 0.369. The molecule has 0 bridgehead atoms. The summed E-state index contributed by atoms with van der Waals surface area (Å²) in [6.45, 7) is 1.37. The molecular formula is C10H11N3O5. The minimum atomic E-state index is -1.89. The number of aliphatic imine (C=N–C) groups is 3. The molecule has 0 amide bonds. The minimum absolute atomic E-state index is 0.0461. The van der Waals surface area contributed by atoms with Crippen LogP contribution in [-0.2, 0) is 19.2 Å². The first-order chi connectivity index (χ1) is 8.55. The Morgan fingerprint density at radius 3 is 2.39 bits per heavy atom. The Hall–Kier alpha value is -2.39. The molecule has 2 atom stereocenters. The van der Waals surface area contributed by atoms with E-state index in [-0.39, 0.29) is 19.4 Å². The maximum Gasteiger partial charge on any atom is 0.334 e. The summed E-state index contributed by atoms with van der Waals surface area (Å²) in [5, 5.41) is 9.14. The first-order valence-corrected chi connectivity index (χ1v) is 4.98. The van der Waals surface area contributed by atoms with E-state index in [2.05, 4.69) is 15.0 Å². The number of carbonyl (C=O) groups is 1. The fraction of sp³-hybridized carbons (Fsp3) is 0.600. The van der Waals surface area contributed by atoms with E-state index < -0.39 is 17.6 Å². The highest BCUT2D eigenvalue weighted by Crippen LogP contribution is 2.25. The Kier molecular flexibility index (Phi) is 6.78. The van der Waals surface area contributed by atoms with E-state index in [1.807, 2.05) is 0 Å². The largest absolute Gasteiger partial charge is 0.479 e. The van der Waals surface area contributed by atoms with Crippen molar-refractivity contribution in [2.24, 2.45) is 15.0 Å². The van der Waals surface area contributed by atoms with Gasteiger partial charge in [-0.1, -0.05) is 0 Å². The molecule has 8 heteroatoms. The van der Waals surface area contributed by atoms with Gasteiger partial charge in [0.2, 0.25) is 18.2 Å². The Labute approximate surface area is 102 Å². The summed E-state index contributed by atoms with van der Waals surface area (Å²) in [7, 11) is 0. The summed E-state index contributed by atoms with van der Waals surface area (Å²) in [5.74, 6) is -1.41. The predicted molar refractivity (Wildman–Crippen MR) is 58.3 cm³/mol. The number of nitrogens with zero attached hydrogens (tertiary/aromatic N) is 3. The van der Waals surface area contributed by atoms with Crippen molar-refractivity contribution in [2.75, 3.05) is 6.54 Å². The van der Waals surface area contributed by atoms with Gasteiger partial charge in [0.1, 0.15) is 0 Å². The molecule has 2 unspecified atom stereocenters. The zero-order valence-corrected chi connectivity index (χ0v) is 9.62. The third-order valence-electron chi connectivity index (χ3n) is 2.45. The highest BCUT2D eigenvalue weighted by atomic mass is 16.4. The molecule has 0 spiro atoms. The lowest BCUT2D eigenvalue weighted by Gasteiger charge is -2.26. The van der Waals surface area contributed by atoms with Crippen LogP contribution in [-0.4, -0.2) is 47.4 Å². The predicted octanol–water partition coefficient (Wildman–Crippen LogP) is -0.0141. The molecule has 0 aliphatic rings. The van der Waals surface area contributed by atoms with E-state index in [0.29, 0.717) is 0 Å². The zero-order chi connectivity index (χ0) is 14.0. The van der Waals surface area contributed by atoms with Crippen LogP contribution in [0.1, 0.15) is 19.8 Å². The number of carboxylic acid groups (broad SMARTS) is 1. The lowest BCUT2D eigenvalue weighted by Crippen LogP contribution is -2.45. The first-order valence-electron chi connectivity index (χ1n) is 4.98. The first kappa shape index (κ1) is 15.6. The van der Waals surface area contributed by atoms with Gasteiger partial charge in [-0.25, -0.2) is 24.2 Å². The Balaban J connectivity index is 5.21. The van der Waals surface area contributed by atoms with E-state index in [4.69, 9.17) is 5.11 Å². The van der Waals surface area contributed by atoms with Crippen LogP contribution in [0.15, 0.2) is 15.0 Å². The lowest BCUT2D eigenvalue weighted by molar-refractivity contribution is -0.144. The third kappa shape index (κ3) is 3.88. The van der Waals surface area contributed by atoms with Gasteiger partial charge in [0.05, 0.1) is 12.6 Å². The fourth-order valence-electron chi connectivity index (χ4n) is 1.43. The number of rotatable bonds is 8. The molecule has 0 saturated carbocycles. The second-order valence-corrected chi connectivity index (χ2v) is 3.41. The molecule has 8 nitrogen and oxygen atoms in total. The van der Waals surface area contributed by atoms with Gasteiger partial charge in [-0.2, -0.15) is 9.98 Å². The molecular weight excluding hydrogens is 242 g/mol. The highest BCUT2D eigenvalue weighted by molar-refractivity contribution is 5.81. The molecule has 0 aromatic rings. The van der Waals surface area contributed by atoms with E-state index in [1.165, 1.54) is 25.2 Å². The fourth-order valence-corrected chi connectivity index (χ4v) is 1.43. The Morgan fingerprint density at radius 1 is 1.28 bits per heavy atom. The van der Waals surface area contributed by atoms with Crippen LogP contribution in [0.5, 0.6) is 0 Å². The molecule has 0 fully saturated rings. The van der Waals surface area contributed by atoms with Crippen LogP contribution in [0.3, 0.4) is 0 Å². The van der Waals surface area contributed by atoms with Crippen LogP contribution >= 0.6 is 0 Å². The van der Waals surface area contributed by atoms with Crippen molar-refractivity contribution in [3.05, 3.63) is 0 Å². The van der Waals surface area contributed by atoms with Gasteiger partial charge in [-0.3, -0.25) is 0 Å². The van der Waals surface area contributed by atoms with E-state index in [0.717, 1.165) is 0 Å². The Bertz CT molecular complexity index is 440. The van der Waals surface area contributed by atoms with Gasteiger partial charge >= 0.3 is 5.97 Å². The number of carboxylic acids is 1. The van der Waals surface area contributed by atoms with E-state index in [1.54, 1.807) is 0 Å². The van der Waals surface area contributed by atoms with E-state index >= 15 is 0 Å². The van der Waals surface area contributed by atoms with Gasteiger partial charge in [0.25, 0.3) is 0 Å². The van der Waals surface area contributed by atoms with Gasteiger partial charge in [-0.15, -0.1) is 0 Å². The van der Waals surface area contributed by atoms with Crippen LogP contribution in [0.4, 0.5) is 0 Å². The monoisotopic (exact) mass is 253 g/mol. The topological polar surface area (TPSA) is 126 Å². The van der Waals surface area contributed by atoms with Crippen molar-refractivity contribution in [3.63, 3.8) is 0 Å². The molecule has 0 aromatic heterocycles. The average molecular weight is 253 g/mol. The summed E-state index contributed by atoms with van der Waals surface area (Å²) in [6, 6.07) is -1.07. The summed E-state index contributed by atoms with van der Waals surface area (Å²) in [6.07, 6.45) is 3.75. The molecule has 0 aliphatic heterocycles. The molecule has 0 aromatic carbocycles. The molecule has 96 valence electrons. The second kappa shape index (κ2) is 7.81. The summed E-state index contributed by atoms with van der Waals surface area (Å²) in [5.41, 5.74) is -1.89. The molecule has 18 heavy (non-hydrogen) atoms. The summed E-state index contributed by atoms with van der Waals surface area (Å²) < 4.78 is 0. The van der Waals surface area contributed by atoms with Crippen molar-refractivity contribution in [3.8, 4) is 0 Å². The lowest BCUT2D eigenvalue weighted by atomic mass is 9.87. The smallest absolute Gasteiger partial charge is 0.334 e. The van der Waals surface area contributed by atoms with Crippen molar-refractivity contribution >= 4 is 24.2 Å². The van der Waals surface area contributed by atoms with Crippen molar-refractivity contribution in [2.45, 2.75) is 31.3 Å². The van der Waals surface area contributed by atoms with Crippen molar-refractivity contribution in [1.82, 2.24) is 0 Å². The molecule has 0 saturated heterocycles. The third-order valence-corrected chi connectivity index (χ3v) is 2.45. The summed E-state index contributed by atoms with van der Waals surface area (Å²) >= 11 is 0. The van der Waals surface area contributed by atoms with Crippen molar-refractivity contribution in [1.29, 1.82) is 0 Å². The number of hydrogen-bond acceptors (Lipinski definition) is 7. The number of hydrogen-bond donors (Lipinski definition) is 1. The average Bonchev–Trinajstić information content (AvgIpc) is 2.33. The molecule has 1 N–H and O–H groups in total. The maximum atomic E-state index is 11.2. The minimum Gasteiger partial charge on any atom is -0.479 e. The van der Waals surface area contributed by atoms with Gasteiger partial charge < -0.3 is 5.11 Å². The van der Waals surface area contributed by atoms with Crippen molar-refractivity contribution < 1.29 is 24.3 Å². The van der Waals surface area contributed by atoms with Gasteiger partial charge in [-0.05, 0) is 19.8 Å². The Morgan fingerprint density at radius 2 is 1.94 bits per heavy atom. The summed E-state index contributed by atoms with van der Waals surface area (Å²) in [4.78, 5) is 51.4.